The molecule has 0 bridgehead atoms. The Balaban J connectivity index is 1.93. The first-order valence-corrected chi connectivity index (χ1v) is 7.19. The Labute approximate surface area is 127 Å². The summed E-state index contributed by atoms with van der Waals surface area (Å²) in [6.45, 7) is 3.51. The number of carbonyl (C=O) groups excluding carboxylic acids is 1. The summed E-state index contributed by atoms with van der Waals surface area (Å²) in [6.07, 6.45) is 2.14. The number of hydrogen-bond acceptors (Lipinski definition) is 4. The highest BCUT2D eigenvalue weighted by molar-refractivity contribution is 6.32. The number of piperidine rings is 1. The van der Waals surface area contributed by atoms with Crippen LogP contribution in [-0.4, -0.2) is 35.4 Å². The van der Waals surface area contributed by atoms with Crippen molar-refractivity contribution in [3.05, 3.63) is 33.3 Å². The maximum atomic E-state index is 12.1. The van der Waals surface area contributed by atoms with Gasteiger partial charge in [-0.15, -0.1) is 0 Å². The fourth-order valence-corrected chi connectivity index (χ4v) is 2.60. The van der Waals surface area contributed by atoms with Crippen LogP contribution in [0.25, 0.3) is 0 Å². The van der Waals surface area contributed by atoms with E-state index >= 15 is 0 Å². The third-order valence-electron chi connectivity index (χ3n) is 3.49. The maximum Gasteiger partial charge on any atom is 0.271 e. The first kappa shape index (κ1) is 15.6. The van der Waals surface area contributed by atoms with E-state index in [2.05, 4.69) is 6.92 Å². The highest BCUT2D eigenvalue weighted by Gasteiger charge is 2.21. The van der Waals surface area contributed by atoms with Crippen LogP contribution in [0.4, 0.5) is 5.69 Å². The molecule has 0 aliphatic carbocycles. The second kappa shape index (κ2) is 6.76. The maximum absolute atomic E-state index is 12.1. The lowest BCUT2D eigenvalue weighted by Crippen LogP contribution is -2.41. The van der Waals surface area contributed by atoms with Crippen LogP contribution in [0.3, 0.4) is 0 Å². The van der Waals surface area contributed by atoms with Gasteiger partial charge in [-0.25, -0.2) is 0 Å². The number of rotatable bonds is 4. The van der Waals surface area contributed by atoms with E-state index in [4.69, 9.17) is 16.3 Å². The fraction of sp³-hybridized carbons (Fsp3) is 0.500. The Morgan fingerprint density at radius 2 is 2.33 bits per heavy atom. The molecule has 1 unspecified atom stereocenters. The van der Waals surface area contributed by atoms with Gasteiger partial charge in [0.05, 0.1) is 9.95 Å². The molecule has 1 heterocycles. The average Bonchev–Trinajstić information content (AvgIpc) is 2.45. The number of halogens is 1. The van der Waals surface area contributed by atoms with Gasteiger partial charge >= 0.3 is 0 Å². The zero-order valence-electron chi connectivity index (χ0n) is 11.8. The highest BCUT2D eigenvalue weighted by atomic mass is 35.5. The van der Waals surface area contributed by atoms with Crippen molar-refractivity contribution >= 4 is 23.2 Å². The number of nitro groups is 1. The number of nitrogens with zero attached hydrogens (tertiary/aromatic N) is 2. The monoisotopic (exact) mass is 312 g/mol. The lowest BCUT2D eigenvalue weighted by atomic mass is 10.0. The molecule has 0 spiro atoms. The SMILES string of the molecule is CC1CCCN(C(=O)COc2ccc([N+](=O)[O-])cc2Cl)C1. The zero-order valence-corrected chi connectivity index (χ0v) is 12.5. The predicted molar refractivity (Wildman–Crippen MR) is 78.6 cm³/mol. The second-order valence-electron chi connectivity index (χ2n) is 5.25. The van der Waals surface area contributed by atoms with Crippen LogP contribution in [0, 0.1) is 16.0 Å². The molecule has 1 saturated heterocycles. The lowest BCUT2D eigenvalue weighted by Gasteiger charge is -2.30. The summed E-state index contributed by atoms with van der Waals surface area (Å²) >= 11 is 5.91. The van der Waals surface area contributed by atoms with Crippen LogP contribution < -0.4 is 4.74 Å². The van der Waals surface area contributed by atoms with Crippen molar-refractivity contribution < 1.29 is 14.5 Å². The Morgan fingerprint density at radius 3 is 2.95 bits per heavy atom. The minimum Gasteiger partial charge on any atom is -0.482 e. The molecule has 7 heteroatoms. The molecule has 0 radical (unpaired) electrons. The van der Waals surface area contributed by atoms with E-state index in [9.17, 15) is 14.9 Å². The molecule has 0 aromatic heterocycles. The lowest BCUT2D eigenvalue weighted by molar-refractivity contribution is -0.384. The molecule has 1 aromatic rings. The minimum absolute atomic E-state index is 0.0871. The Morgan fingerprint density at radius 1 is 1.57 bits per heavy atom. The molecular formula is C14H17ClN2O4. The van der Waals surface area contributed by atoms with E-state index in [0.29, 0.717) is 5.92 Å². The van der Waals surface area contributed by atoms with Crippen LogP contribution in [-0.2, 0) is 4.79 Å². The summed E-state index contributed by atoms with van der Waals surface area (Å²) in [5.74, 6) is 0.697. The van der Waals surface area contributed by atoms with Gasteiger partial charge < -0.3 is 9.64 Å². The molecule has 6 nitrogen and oxygen atoms in total. The van der Waals surface area contributed by atoms with Gasteiger partial charge in [0.25, 0.3) is 11.6 Å². The number of hydrogen-bond donors (Lipinski definition) is 0. The van der Waals surface area contributed by atoms with E-state index in [1.165, 1.54) is 18.2 Å². The van der Waals surface area contributed by atoms with E-state index in [-0.39, 0.29) is 29.0 Å². The van der Waals surface area contributed by atoms with Crippen molar-refractivity contribution in [3.63, 3.8) is 0 Å². The quantitative estimate of drug-likeness (QED) is 0.633. The molecule has 0 saturated carbocycles. The van der Waals surface area contributed by atoms with Gasteiger partial charge in [0.15, 0.2) is 6.61 Å². The van der Waals surface area contributed by atoms with Gasteiger partial charge in [-0.1, -0.05) is 18.5 Å². The van der Waals surface area contributed by atoms with Crippen LogP contribution in [0.1, 0.15) is 19.8 Å². The van der Waals surface area contributed by atoms with Gasteiger partial charge in [-0.3, -0.25) is 14.9 Å². The Bertz CT molecular complexity index is 550. The standard InChI is InChI=1S/C14H17ClN2O4/c1-10-3-2-6-16(8-10)14(18)9-21-13-5-4-11(17(19)20)7-12(13)15/h4-5,7,10H,2-3,6,8-9H2,1H3. The second-order valence-corrected chi connectivity index (χ2v) is 5.65. The van der Waals surface area contributed by atoms with Crippen LogP contribution in [0.5, 0.6) is 5.75 Å². The van der Waals surface area contributed by atoms with Crippen LogP contribution in [0.15, 0.2) is 18.2 Å². The van der Waals surface area contributed by atoms with Crippen molar-refractivity contribution in [2.24, 2.45) is 5.92 Å². The van der Waals surface area contributed by atoms with E-state index in [0.717, 1.165) is 25.9 Å². The molecule has 1 aliphatic heterocycles. The Hall–Kier alpha value is -1.82. The number of ether oxygens (including phenoxy) is 1. The van der Waals surface area contributed by atoms with E-state index in [1.807, 2.05) is 0 Å². The smallest absolute Gasteiger partial charge is 0.271 e. The summed E-state index contributed by atoms with van der Waals surface area (Å²) in [7, 11) is 0. The predicted octanol–water partition coefficient (Wildman–Crippen LogP) is 2.89. The zero-order chi connectivity index (χ0) is 15.4. The number of benzene rings is 1. The average molecular weight is 313 g/mol. The molecule has 21 heavy (non-hydrogen) atoms. The molecule has 1 atom stereocenters. The van der Waals surface area contributed by atoms with Gasteiger partial charge in [0.1, 0.15) is 5.75 Å². The number of likely N-dealkylation sites (tertiary alicyclic amines) is 1. The number of nitro benzene ring substituents is 1. The molecule has 1 aromatic carbocycles. The summed E-state index contributed by atoms with van der Waals surface area (Å²) in [4.78, 5) is 23.9. The fourth-order valence-electron chi connectivity index (χ4n) is 2.37. The van der Waals surface area contributed by atoms with Crippen molar-refractivity contribution in [1.29, 1.82) is 0 Å². The van der Waals surface area contributed by atoms with Gasteiger partial charge in [0, 0.05) is 25.2 Å². The first-order chi connectivity index (χ1) is 9.97. The molecule has 0 N–H and O–H groups in total. The van der Waals surface area contributed by atoms with Crippen molar-refractivity contribution in [2.75, 3.05) is 19.7 Å². The summed E-state index contributed by atoms with van der Waals surface area (Å²) in [5.41, 5.74) is -0.108. The minimum atomic E-state index is -0.532. The van der Waals surface area contributed by atoms with E-state index in [1.54, 1.807) is 4.90 Å². The normalized spacial score (nSPS) is 18.4. The van der Waals surface area contributed by atoms with E-state index < -0.39 is 4.92 Å². The number of amides is 1. The number of carbonyl (C=O) groups is 1. The molecule has 1 amide bonds. The van der Waals surface area contributed by atoms with Crippen molar-refractivity contribution in [2.45, 2.75) is 19.8 Å². The van der Waals surface area contributed by atoms with Crippen LogP contribution in [0.2, 0.25) is 5.02 Å². The summed E-state index contributed by atoms with van der Waals surface area (Å²) in [6, 6.07) is 3.92. The van der Waals surface area contributed by atoms with Crippen molar-refractivity contribution in [1.82, 2.24) is 4.90 Å². The Kier molecular flexibility index (Phi) is 5.01. The van der Waals surface area contributed by atoms with Gasteiger partial charge in [0.2, 0.25) is 0 Å². The largest absolute Gasteiger partial charge is 0.482 e. The van der Waals surface area contributed by atoms with Gasteiger partial charge in [-0.05, 0) is 24.8 Å². The molecular weight excluding hydrogens is 296 g/mol. The number of non-ortho nitro benzene ring substituents is 1. The summed E-state index contributed by atoms with van der Waals surface area (Å²) in [5, 5.41) is 10.7. The molecule has 1 fully saturated rings. The topological polar surface area (TPSA) is 72.7 Å². The van der Waals surface area contributed by atoms with Gasteiger partial charge in [-0.2, -0.15) is 0 Å². The highest BCUT2D eigenvalue weighted by Crippen LogP contribution is 2.28. The summed E-state index contributed by atoms with van der Waals surface area (Å²) < 4.78 is 5.38. The third-order valence-corrected chi connectivity index (χ3v) is 3.78. The van der Waals surface area contributed by atoms with Crippen LogP contribution >= 0.6 is 11.6 Å². The molecule has 2 rings (SSSR count). The molecule has 1 aliphatic rings. The van der Waals surface area contributed by atoms with Crippen molar-refractivity contribution in [3.8, 4) is 5.75 Å². The third kappa shape index (κ3) is 4.07. The molecule has 114 valence electrons. The first-order valence-electron chi connectivity index (χ1n) is 6.82.